The highest BCUT2D eigenvalue weighted by Crippen LogP contribution is 2.24. The maximum atomic E-state index is 12.1. The van der Waals surface area contributed by atoms with Crippen LogP contribution in [-0.4, -0.2) is 34.8 Å². The monoisotopic (exact) mass is 264 g/mol. The zero-order chi connectivity index (χ0) is 13.1. The lowest BCUT2D eigenvalue weighted by Gasteiger charge is -2.28. The molecule has 1 unspecified atom stereocenters. The van der Waals surface area contributed by atoms with Gasteiger partial charge in [-0.1, -0.05) is 41.9 Å². The Bertz CT molecular complexity index is 458. The first-order valence-electron chi connectivity index (χ1n) is 6.11. The van der Waals surface area contributed by atoms with Crippen molar-refractivity contribution in [2.75, 3.05) is 13.1 Å². The van der Waals surface area contributed by atoms with E-state index in [1.54, 1.807) is 0 Å². The summed E-state index contributed by atoms with van der Waals surface area (Å²) in [6.07, 6.45) is 1.98. The number of hydrogen-bond donors (Lipinski definition) is 0. The van der Waals surface area contributed by atoms with E-state index in [1.807, 2.05) is 48.4 Å². The standard InChI is InChI=1S/C14H17ClN2O/c1-3-17-11(2)16(10-14(17)15)9-13(18)12-7-5-4-6-8-12/h4-8,10-11H,3,9H2,1-2H3. The highest BCUT2D eigenvalue weighted by Gasteiger charge is 2.27. The molecule has 0 bridgehead atoms. The van der Waals surface area contributed by atoms with Gasteiger partial charge in [-0.2, -0.15) is 0 Å². The van der Waals surface area contributed by atoms with E-state index in [-0.39, 0.29) is 11.9 Å². The van der Waals surface area contributed by atoms with Crippen LogP contribution < -0.4 is 0 Å². The van der Waals surface area contributed by atoms with Crippen molar-refractivity contribution in [3.05, 3.63) is 47.3 Å². The summed E-state index contributed by atoms with van der Waals surface area (Å²) in [5.41, 5.74) is 0.740. The van der Waals surface area contributed by atoms with Crippen LogP contribution in [-0.2, 0) is 0 Å². The van der Waals surface area contributed by atoms with Crippen molar-refractivity contribution in [3.63, 3.8) is 0 Å². The van der Waals surface area contributed by atoms with Gasteiger partial charge in [0.1, 0.15) is 5.16 Å². The third kappa shape index (κ3) is 2.51. The Morgan fingerprint density at radius 2 is 2.00 bits per heavy atom. The van der Waals surface area contributed by atoms with Gasteiger partial charge in [0.2, 0.25) is 0 Å². The van der Waals surface area contributed by atoms with Crippen molar-refractivity contribution < 1.29 is 4.79 Å². The molecule has 0 aliphatic carbocycles. The Morgan fingerprint density at radius 1 is 1.33 bits per heavy atom. The summed E-state index contributed by atoms with van der Waals surface area (Å²) in [5, 5.41) is 0.700. The lowest BCUT2D eigenvalue weighted by atomic mass is 10.1. The van der Waals surface area contributed by atoms with E-state index in [4.69, 9.17) is 11.6 Å². The molecule has 0 fully saturated rings. The van der Waals surface area contributed by atoms with E-state index >= 15 is 0 Å². The minimum absolute atomic E-state index is 0.112. The number of rotatable bonds is 4. The van der Waals surface area contributed by atoms with Crippen molar-refractivity contribution in [1.29, 1.82) is 0 Å². The largest absolute Gasteiger partial charge is 0.347 e. The quantitative estimate of drug-likeness (QED) is 0.617. The molecule has 0 spiro atoms. The molecule has 0 N–H and O–H groups in total. The van der Waals surface area contributed by atoms with Crippen LogP contribution >= 0.6 is 11.6 Å². The van der Waals surface area contributed by atoms with Crippen molar-refractivity contribution >= 4 is 17.4 Å². The summed E-state index contributed by atoms with van der Waals surface area (Å²) in [5.74, 6) is 0.112. The molecule has 4 heteroatoms. The number of carbonyl (C=O) groups is 1. The van der Waals surface area contributed by atoms with Crippen LogP contribution in [0.25, 0.3) is 0 Å². The number of Topliss-reactive ketones (excluding diaryl/α,β-unsaturated/α-hetero) is 1. The van der Waals surface area contributed by atoms with Crippen molar-refractivity contribution in [1.82, 2.24) is 9.80 Å². The maximum Gasteiger partial charge on any atom is 0.182 e. The molecule has 0 radical (unpaired) electrons. The molecule has 1 heterocycles. The number of ketones is 1. The van der Waals surface area contributed by atoms with Gasteiger partial charge in [0.25, 0.3) is 0 Å². The summed E-state index contributed by atoms with van der Waals surface area (Å²) < 4.78 is 0. The molecule has 0 amide bonds. The van der Waals surface area contributed by atoms with E-state index in [0.717, 1.165) is 12.1 Å². The molecule has 18 heavy (non-hydrogen) atoms. The minimum Gasteiger partial charge on any atom is -0.347 e. The lowest BCUT2D eigenvalue weighted by molar-refractivity contribution is 0.0900. The zero-order valence-corrected chi connectivity index (χ0v) is 11.4. The molecule has 1 aliphatic heterocycles. The third-order valence-electron chi connectivity index (χ3n) is 3.24. The zero-order valence-electron chi connectivity index (χ0n) is 10.6. The molecular weight excluding hydrogens is 248 g/mol. The fourth-order valence-corrected chi connectivity index (χ4v) is 2.54. The number of halogens is 1. The molecule has 1 aromatic carbocycles. The second-order valence-electron chi connectivity index (χ2n) is 4.33. The van der Waals surface area contributed by atoms with Crippen LogP contribution in [0.1, 0.15) is 24.2 Å². The van der Waals surface area contributed by atoms with Gasteiger partial charge in [0.15, 0.2) is 5.78 Å². The van der Waals surface area contributed by atoms with Gasteiger partial charge in [-0.05, 0) is 13.8 Å². The normalized spacial score (nSPS) is 19.1. The molecule has 96 valence electrons. The Balaban J connectivity index is 2.05. The van der Waals surface area contributed by atoms with Crippen molar-refractivity contribution in [3.8, 4) is 0 Å². The van der Waals surface area contributed by atoms with Crippen LogP contribution in [0.4, 0.5) is 0 Å². The Labute approximate surface area is 113 Å². The fraction of sp³-hybridized carbons (Fsp3) is 0.357. The first-order chi connectivity index (χ1) is 8.63. The van der Waals surface area contributed by atoms with E-state index in [1.165, 1.54) is 0 Å². The molecule has 2 rings (SSSR count). The number of nitrogens with zero attached hydrogens (tertiary/aromatic N) is 2. The van der Waals surface area contributed by atoms with Gasteiger partial charge in [-0.25, -0.2) is 0 Å². The van der Waals surface area contributed by atoms with Gasteiger partial charge >= 0.3 is 0 Å². The van der Waals surface area contributed by atoms with E-state index < -0.39 is 0 Å². The smallest absolute Gasteiger partial charge is 0.182 e. The molecule has 0 aromatic heterocycles. The maximum absolute atomic E-state index is 12.1. The van der Waals surface area contributed by atoms with Crippen LogP contribution in [0.15, 0.2) is 41.7 Å². The van der Waals surface area contributed by atoms with Crippen molar-refractivity contribution in [2.45, 2.75) is 20.0 Å². The summed E-state index contributed by atoms with van der Waals surface area (Å²) in [4.78, 5) is 16.1. The first-order valence-corrected chi connectivity index (χ1v) is 6.49. The average molecular weight is 265 g/mol. The summed E-state index contributed by atoms with van der Waals surface area (Å²) in [6, 6.07) is 9.34. The van der Waals surface area contributed by atoms with E-state index in [2.05, 4.69) is 11.8 Å². The fourth-order valence-electron chi connectivity index (χ4n) is 2.15. The molecule has 0 saturated carbocycles. The molecule has 3 nitrogen and oxygen atoms in total. The van der Waals surface area contributed by atoms with Gasteiger partial charge in [-0.3, -0.25) is 4.79 Å². The second kappa shape index (κ2) is 5.44. The van der Waals surface area contributed by atoms with Gasteiger partial charge in [0.05, 0.1) is 12.7 Å². The molecule has 0 saturated heterocycles. The van der Waals surface area contributed by atoms with Crippen LogP contribution in [0, 0.1) is 0 Å². The highest BCUT2D eigenvalue weighted by atomic mass is 35.5. The highest BCUT2D eigenvalue weighted by molar-refractivity contribution is 6.29. The Morgan fingerprint density at radius 3 is 2.56 bits per heavy atom. The van der Waals surface area contributed by atoms with E-state index in [0.29, 0.717) is 11.7 Å². The Hall–Kier alpha value is -1.48. The third-order valence-corrected chi connectivity index (χ3v) is 3.56. The van der Waals surface area contributed by atoms with Gasteiger partial charge < -0.3 is 9.80 Å². The van der Waals surface area contributed by atoms with Crippen LogP contribution in [0.5, 0.6) is 0 Å². The molecule has 1 aromatic rings. The minimum atomic E-state index is 0.112. The molecule has 1 atom stereocenters. The van der Waals surface area contributed by atoms with Crippen LogP contribution in [0.2, 0.25) is 0 Å². The Kier molecular flexibility index (Phi) is 3.92. The van der Waals surface area contributed by atoms with Gasteiger partial charge in [-0.15, -0.1) is 0 Å². The van der Waals surface area contributed by atoms with Gasteiger partial charge in [0, 0.05) is 18.3 Å². The SMILES string of the molecule is CCN1C(Cl)=CN(CC(=O)c2ccccc2)C1C. The number of hydrogen-bond acceptors (Lipinski definition) is 3. The first kappa shape index (κ1) is 13.0. The van der Waals surface area contributed by atoms with Crippen molar-refractivity contribution in [2.24, 2.45) is 0 Å². The molecular formula is C14H17ClN2O. The average Bonchev–Trinajstić information content (AvgIpc) is 2.65. The van der Waals surface area contributed by atoms with E-state index in [9.17, 15) is 4.79 Å². The summed E-state index contributed by atoms with van der Waals surface area (Å²) >= 11 is 6.13. The second-order valence-corrected chi connectivity index (χ2v) is 4.72. The number of carbonyl (C=O) groups excluding carboxylic acids is 1. The predicted molar refractivity (Wildman–Crippen MR) is 73.3 cm³/mol. The van der Waals surface area contributed by atoms with Crippen LogP contribution in [0.3, 0.4) is 0 Å². The predicted octanol–water partition coefficient (Wildman–Crippen LogP) is 2.89. The number of benzene rings is 1. The summed E-state index contributed by atoms with van der Waals surface area (Å²) in [6.45, 7) is 5.30. The topological polar surface area (TPSA) is 23.6 Å². The summed E-state index contributed by atoms with van der Waals surface area (Å²) in [7, 11) is 0. The molecule has 1 aliphatic rings. The lowest BCUT2D eigenvalue weighted by Crippen LogP contribution is -2.39.